The van der Waals surface area contributed by atoms with Gasteiger partial charge in [0.15, 0.2) is 5.82 Å². The number of rotatable bonds is 5. The molecule has 0 amide bonds. The van der Waals surface area contributed by atoms with Gasteiger partial charge >= 0.3 is 0 Å². The number of aliphatic hydroxyl groups is 2. The summed E-state index contributed by atoms with van der Waals surface area (Å²) in [6.07, 6.45) is -0.278. The van der Waals surface area contributed by atoms with E-state index >= 15 is 0 Å². The van der Waals surface area contributed by atoms with E-state index < -0.39 is 0 Å². The summed E-state index contributed by atoms with van der Waals surface area (Å²) < 4.78 is 2.07. The molecule has 0 spiro atoms. The average Bonchev–Trinajstić information content (AvgIpc) is 3.20. The van der Waals surface area contributed by atoms with Gasteiger partial charge in [-0.2, -0.15) is 5.10 Å². The molecule has 2 unspecified atom stereocenters. The first-order valence-corrected chi connectivity index (χ1v) is 9.95. The van der Waals surface area contributed by atoms with Crippen LogP contribution in [-0.4, -0.2) is 37.2 Å². The van der Waals surface area contributed by atoms with E-state index in [1.807, 2.05) is 72.8 Å². The Kier molecular flexibility index (Phi) is 9.76. The minimum absolute atomic E-state index is 0. The monoisotopic (exact) mass is 593 g/mol. The van der Waals surface area contributed by atoms with Gasteiger partial charge in [0.1, 0.15) is 0 Å². The van der Waals surface area contributed by atoms with E-state index in [0.29, 0.717) is 6.42 Å². The number of hydrogen-bond acceptors (Lipinski definition) is 4. The van der Waals surface area contributed by atoms with Crippen LogP contribution in [0.4, 0.5) is 0 Å². The van der Waals surface area contributed by atoms with Crippen molar-refractivity contribution in [2.24, 2.45) is 0 Å². The van der Waals surface area contributed by atoms with Crippen molar-refractivity contribution in [3.8, 4) is 28.5 Å². The van der Waals surface area contributed by atoms with E-state index in [1.165, 1.54) is 0 Å². The molecule has 0 saturated carbocycles. The Hall–Kier alpha value is -2.63. The van der Waals surface area contributed by atoms with Crippen molar-refractivity contribution in [1.82, 2.24) is 14.8 Å². The summed E-state index contributed by atoms with van der Waals surface area (Å²) in [5.74, 6) is 1.61. The minimum Gasteiger partial charge on any atom is -0.393 e. The molecular formula is C25H26IrN3O2-. The van der Waals surface area contributed by atoms with Crippen molar-refractivity contribution >= 4 is 0 Å². The molecule has 4 aromatic rings. The van der Waals surface area contributed by atoms with Crippen LogP contribution in [0.25, 0.3) is 28.5 Å². The summed E-state index contributed by atoms with van der Waals surface area (Å²) >= 11 is 0. The van der Waals surface area contributed by atoms with Crippen LogP contribution in [0.3, 0.4) is 0 Å². The standard InChI is InChI=1S/C20H14N3.C5H12O2.Ir/c1-4-10-16(11-5-1)19-21-22-20(17-12-6-2-7-13-17)23(19)18-14-8-3-9-15-18;1-4(6)3-5(2)7;/h1-12,14-15H;4-7H,3H2,1-2H3;/q-1;;. The Morgan fingerprint density at radius 3 is 1.84 bits per heavy atom. The maximum Gasteiger partial charge on any atom is 0.159 e. The molecule has 31 heavy (non-hydrogen) atoms. The van der Waals surface area contributed by atoms with Crippen LogP contribution < -0.4 is 0 Å². The Morgan fingerprint density at radius 1 is 0.774 bits per heavy atom. The Bertz CT molecular complexity index is 958. The third kappa shape index (κ3) is 6.94. The van der Waals surface area contributed by atoms with Crippen LogP contribution in [0.15, 0.2) is 84.9 Å². The first kappa shape index (κ1) is 24.6. The van der Waals surface area contributed by atoms with Gasteiger partial charge in [0.25, 0.3) is 0 Å². The molecule has 1 heterocycles. The molecule has 0 saturated heterocycles. The smallest absolute Gasteiger partial charge is 0.159 e. The normalized spacial score (nSPS) is 12.1. The van der Waals surface area contributed by atoms with E-state index in [2.05, 4.69) is 33.0 Å². The second-order valence-electron chi connectivity index (χ2n) is 7.09. The molecule has 0 aliphatic heterocycles. The van der Waals surface area contributed by atoms with Crippen molar-refractivity contribution < 1.29 is 30.3 Å². The van der Waals surface area contributed by atoms with Crippen LogP contribution in [0, 0.1) is 6.07 Å². The summed E-state index contributed by atoms with van der Waals surface area (Å²) in [4.78, 5) is 0. The van der Waals surface area contributed by atoms with Crippen LogP contribution in [0.5, 0.6) is 0 Å². The molecule has 4 rings (SSSR count). The SMILES string of the molecule is CC(O)CC(C)O.[Ir].[c-]1ccccc1-c1nnc(-c2ccccc2)n1-c1ccccc1. The first-order valence-electron chi connectivity index (χ1n) is 9.95. The average molecular weight is 593 g/mol. The predicted molar refractivity (Wildman–Crippen MR) is 119 cm³/mol. The fourth-order valence-electron chi connectivity index (χ4n) is 3.08. The van der Waals surface area contributed by atoms with Crippen LogP contribution in [0.2, 0.25) is 0 Å². The number of hydrogen-bond donors (Lipinski definition) is 2. The van der Waals surface area contributed by atoms with E-state index in [9.17, 15) is 0 Å². The van der Waals surface area contributed by atoms with Gasteiger partial charge in [-0.05, 0) is 32.4 Å². The zero-order chi connectivity index (χ0) is 21.3. The number of aromatic nitrogens is 3. The topological polar surface area (TPSA) is 71.2 Å². The van der Waals surface area contributed by atoms with Gasteiger partial charge in [-0.15, -0.1) is 41.0 Å². The van der Waals surface area contributed by atoms with E-state index in [0.717, 1.165) is 28.5 Å². The van der Waals surface area contributed by atoms with E-state index in [-0.39, 0.29) is 32.3 Å². The van der Waals surface area contributed by atoms with Gasteiger partial charge in [0.2, 0.25) is 0 Å². The molecule has 1 aromatic heterocycles. The molecule has 0 aliphatic rings. The van der Waals surface area contributed by atoms with Gasteiger partial charge in [-0.3, -0.25) is 0 Å². The van der Waals surface area contributed by atoms with Crippen LogP contribution >= 0.6 is 0 Å². The Morgan fingerprint density at radius 2 is 1.32 bits per heavy atom. The van der Waals surface area contributed by atoms with E-state index in [1.54, 1.807) is 13.8 Å². The Labute approximate surface area is 196 Å². The first-order chi connectivity index (χ1) is 14.6. The fraction of sp³-hybridized carbons (Fsp3) is 0.200. The fourth-order valence-corrected chi connectivity index (χ4v) is 3.08. The molecule has 163 valence electrons. The van der Waals surface area contributed by atoms with E-state index in [4.69, 9.17) is 10.2 Å². The summed E-state index contributed by atoms with van der Waals surface area (Å²) in [5.41, 5.74) is 2.99. The predicted octanol–water partition coefficient (Wildman–Crippen LogP) is 4.54. The molecule has 1 radical (unpaired) electrons. The van der Waals surface area contributed by atoms with Crippen LogP contribution in [0.1, 0.15) is 20.3 Å². The van der Waals surface area contributed by atoms with Crippen molar-refractivity contribution in [2.75, 3.05) is 0 Å². The van der Waals surface area contributed by atoms with Crippen LogP contribution in [-0.2, 0) is 20.1 Å². The zero-order valence-corrected chi connectivity index (χ0v) is 19.9. The van der Waals surface area contributed by atoms with Crippen molar-refractivity contribution in [3.63, 3.8) is 0 Å². The van der Waals surface area contributed by atoms with Gasteiger partial charge in [0.05, 0.1) is 18.0 Å². The van der Waals surface area contributed by atoms with Gasteiger partial charge in [-0.25, -0.2) is 0 Å². The maximum absolute atomic E-state index is 8.56. The Balaban J connectivity index is 0.000000373. The molecule has 0 bridgehead atoms. The number of aliphatic hydroxyl groups excluding tert-OH is 2. The number of para-hydroxylation sites is 1. The molecule has 3 aromatic carbocycles. The molecular weight excluding hydrogens is 567 g/mol. The number of benzene rings is 3. The second kappa shape index (κ2) is 12.3. The van der Waals surface area contributed by atoms with Crippen molar-refractivity contribution in [3.05, 3.63) is 91.0 Å². The number of nitrogens with zero attached hydrogens (tertiary/aromatic N) is 3. The van der Waals surface area contributed by atoms with Gasteiger partial charge in [0, 0.05) is 31.4 Å². The molecule has 0 fully saturated rings. The van der Waals surface area contributed by atoms with Crippen molar-refractivity contribution in [1.29, 1.82) is 0 Å². The minimum atomic E-state index is -0.375. The van der Waals surface area contributed by atoms with Crippen molar-refractivity contribution in [2.45, 2.75) is 32.5 Å². The molecule has 2 N–H and O–H groups in total. The zero-order valence-electron chi connectivity index (χ0n) is 17.5. The quantitative estimate of drug-likeness (QED) is 0.334. The summed E-state index contributed by atoms with van der Waals surface area (Å²) in [7, 11) is 0. The largest absolute Gasteiger partial charge is 0.393 e. The molecule has 0 aliphatic carbocycles. The molecule has 6 heteroatoms. The molecule has 2 atom stereocenters. The second-order valence-corrected chi connectivity index (χ2v) is 7.09. The third-order valence-electron chi connectivity index (χ3n) is 4.34. The van der Waals surface area contributed by atoms with Gasteiger partial charge < -0.3 is 14.8 Å². The summed E-state index contributed by atoms with van der Waals surface area (Å²) in [6, 6.07) is 31.3. The summed E-state index contributed by atoms with van der Waals surface area (Å²) in [6.45, 7) is 3.32. The molecule has 5 nitrogen and oxygen atoms in total. The third-order valence-corrected chi connectivity index (χ3v) is 4.34. The van der Waals surface area contributed by atoms with Gasteiger partial charge in [-0.1, -0.05) is 48.5 Å². The maximum atomic E-state index is 8.56. The summed E-state index contributed by atoms with van der Waals surface area (Å²) in [5, 5.41) is 26.0.